The van der Waals surface area contributed by atoms with E-state index in [1.807, 2.05) is 11.3 Å². The summed E-state index contributed by atoms with van der Waals surface area (Å²) in [7, 11) is 0. The molecule has 1 N–H and O–H groups in total. The highest BCUT2D eigenvalue weighted by Gasteiger charge is 2.28. The van der Waals surface area contributed by atoms with Crippen molar-refractivity contribution in [2.45, 2.75) is 38.6 Å². The van der Waals surface area contributed by atoms with Crippen LogP contribution in [0.2, 0.25) is 0 Å². The van der Waals surface area contributed by atoms with E-state index in [1.165, 1.54) is 40.4 Å². The first-order valence-electron chi connectivity index (χ1n) is 7.14. The van der Waals surface area contributed by atoms with Crippen molar-refractivity contribution in [1.29, 1.82) is 0 Å². The lowest BCUT2D eigenvalue weighted by molar-refractivity contribution is 0.666. The van der Waals surface area contributed by atoms with E-state index in [1.54, 1.807) is 0 Å². The Bertz CT molecular complexity index is 529. The van der Waals surface area contributed by atoms with E-state index in [2.05, 4.69) is 42.6 Å². The molecule has 0 radical (unpaired) electrons. The number of hydrogen-bond acceptors (Lipinski definition) is 3. The first-order valence-corrected chi connectivity index (χ1v) is 7.96. The summed E-state index contributed by atoms with van der Waals surface area (Å²) in [5.41, 5.74) is 2.53. The van der Waals surface area contributed by atoms with E-state index in [0.29, 0.717) is 0 Å². The van der Waals surface area contributed by atoms with E-state index >= 15 is 0 Å². The molecule has 1 aromatic heterocycles. The summed E-state index contributed by atoms with van der Waals surface area (Å²) < 4.78 is 0. The van der Waals surface area contributed by atoms with Gasteiger partial charge in [-0.25, -0.2) is 4.98 Å². The number of nitrogens with zero attached hydrogens (tertiary/aromatic N) is 1. The molecule has 1 fully saturated rings. The summed E-state index contributed by atoms with van der Waals surface area (Å²) in [5, 5.41) is 4.82. The summed E-state index contributed by atoms with van der Waals surface area (Å²) in [6.45, 7) is 4.15. The van der Waals surface area contributed by atoms with Crippen molar-refractivity contribution >= 4 is 11.3 Å². The Morgan fingerprint density at radius 3 is 2.74 bits per heavy atom. The molecule has 0 spiro atoms. The molecule has 1 saturated carbocycles. The highest BCUT2D eigenvalue weighted by Crippen LogP contribution is 2.44. The molecule has 0 saturated heterocycles. The molecule has 3 rings (SSSR count). The number of aromatic nitrogens is 1. The zero-order chi connectivity index (χ0) is 13.1. The minimum Gasteiger partial charge on any atom is -0.311 e. The minimum absolute atomic E-state index is 0.743. The summed E-state index contributed by atoms with van der Waals surface area (Å²) in [4.78, 5) is 6.23. The van der Waals surface area contributed by atoms with Gasteiger partial charge in [0, 0.05) is 12.5 Å². The molecule has 19 heavy (non-hydrogen) atoms. The normalized spacial score (nSPS) is 14.8. The molecule has 2 nitrogen and oxygen atoms in total. The maximum atomic E-state index is 4.88. The van der Waals surface area contributed by atoms with Gasteiger partial charge in [0.2, 0.25) is 0 Å². The van der Waals surface area contributed by atoms with Crippen LogP contribution in [0.4, 0.5) is 0 Å². The minimum atomic E-state index is 0.743. The lowest BCUT2D eigenvalue weighted by atomic mass is 10.1. The molecule has 1 heterocycles. The van der Waals surface area contributed by atoms with Crippen LogP contribution >= 0.6 is 11.3 Å². The average molecular weight is 272 g/mol. The highest BCUT2D eigenvalue weighted by atomic mass is 32.1. The van der Waals surface area contributed by atoms with Crippen molar-refractivity contribution in [2.75, 3.05) is 6.54 Å². The van der Waals surface area contributed by atoms with Crippen LogP contribution in [-0.4, -0.2) is 11.5 Å². The van der Waals surface area contributed by atoms with Crippen molar-refractivity contribution in [1.82, 2.24) is 10.3 Å². The van der Waals surface area contributed by atoms with E-state index in [-0.39, 0.29) is 0 Å². The zero-order valence-corrected chi connectivity index (χ0v) is 12.2. The quantitative estimate of drug-likeness (QED) is 0.798. The zero-order valence-electron chi connectivity index (χ0n) is 11.4. The van der Waals surface area contributed by atoms with Gasteiger partial charge < -0.3 is 5.32 Å². The fourth-order valence-electron chi connectivity index (χ4n) is 2.19. The summed E-state index contributed by atoms with van der Waals surface area (Å²) >= 11 is 1.89. The second-order valence-corrected chi connectivity index (χ2v) is 6.18. The molecule has 0 atom stereocenters. The largest absolute Gasteiger partial charge is 0.311 e. The van der Waals surface area contributed by atoms with E-state index < -0.39 is 0 Å². The second kappa shape index (κ2) is 5.85. The van der Waals surface area contributed by atoms with Crippen molar-refractivity contribution in [2.24, 2.45) is 0 Å². The SMILES string of the molecule is CCCNCc1nc(C2CC2)sc1-c1ccccc1. The van der Waals surface area contributed by atoms with E-state index in [4.69, 9.17) is 4.98 Å². The van der Waals surface area contributed by atoms with Crippen LogP contribution in [-0.2, 0) is 6.54 Å². The van der Waals surface area contributed by atoms with E-state index in [9.17, 15) is 0 Å². The average Bonchev–Trinajstić information content (AvgIpc) is 3.21. The van der Waals surface area contributed by atoms with Crippen LogP contribution in [0.3, 0.4) is 0 Å². The Labute approximate surface area is 118 Å². The van der Waals surface area contributed by atoms with Crippen molar-refractivity contribution in [3.8, 4) is 10.4 Å². The molecular formula is C16H20N2S. The van der Waals surface area contributed by atoms with Gasteiger partial charge in [0.15, 0.2) is 0 Å². The van der Waals surface area contributed by atoms with Gasteiger partial charge in [0.05, 0.1) is 15.6 Å². The van der Waals surface area contributed by atoms with Gasteiger partial charge in [0.1, 0.15) is 0 Å². The topological polar surface area (TPSA) is 24.9 Å². The van der Waals surface area contributed by atoms with Gasteiger partial charge in [0.25, 0.3) is 0 Å². The predicted molar refractivity (Wildman–Crippen MR) is 81.5 cm³/mol. The molecule has 3 heteroatoms. The fourth-order valence-corrected chi connectivity index (χ4v) is 3.45. The Kier molecular flexibility index (Phi) is 3.95. The third kappa shape index (κ3) is 3.04. The van der Waals surface area contributed by atoms with Crippen LogP contribution in [0.25, 0.3) is 10.4 Å². The number of nitrogens with one attached hydrogen (secondary N) is 1. The highest BCUT2D eigenvalue weighted by molar-refractivity contribution is 7.15. The second-order valence-electron chi connectivity index (χ2n) is 5.14. The van der Waals surface area contributed by atoms with Gasteiger partial charge in [-0.3, -0.25) is 0 Å². The van der Waals surface area contributed by atoms with Crippen LogP contribution in [0.15, 0.2) is 30.3 Å². The Morgan fingerprint density at radius 1 is 1.26 bits per heavy atom. The molecule has 100 valence electrons. The molecule has 1 aliphatic rings. The van der Waals surface area contributed by atoms with Crippen LogP contribution in [0.1, 0.15) is 42.8 Å². The van der Waals surface area contributed by atoms with Crippen molar-refractivity contribution < 1.29 is 0 Å². The molecule has 2 aromatic rings. The molecule has 0 unspecified atom stereocenters. The maximum Gasteiger partial charge on any atom is 0.0966 e. The molecule has 0 bridgehead atoms. The third-order valence-electron chi connectivity index (χ3n) is 3.40. The summed E-state index contributed by atoms with van der Waals surface area (Å²) in [6.07, 6.45) is 3.81. The molecule has 1 aliphatic carbocycles. The monoisotopic (exact) mass is 272 g/mol. The molecule has 0 amide bonds. The van der Waals surface area contributed by atoms with Gasteiger partial charge in [-0.15, -0.1) is 11.3 Å². The lowest BCUT2D eigenvalue weighted by Crippen LogP contribution is -2.14. The standard InChI is InChI=1S/C16H20N2S/c1-2-10-17-11-14-15(12-6-4-3-5-7-12)19-16(18-14)13-8-9-13/h3-7,13,17H,2,8-11H2,1H3. The maximum absolute atomic E-state index is 4.88. The van der Waals surface area contributed by atoms with Gasteiger partial charge in [-0.2, -0.15) is 0 Å². The number of hydrogen-bond donors (Lipinski definition) is 1. The summed E-state index contributed by atoms with van der Waals surface area (Å²) in [6, 6.07) is 10.7. The van der Waals surface area contributed by atoms with Crippen LogP contribution in [0, 0.1) is 0 Å². The van der Waals surface area contributed by atoms with Gasteiger partial charge >= 0.3 is 0 Å². The summed E-state index contributed by atoms with van der Waals surface area (Å²) in [5.74, 6) is 0.743. The van der Waals surface area contributed by atoms with Crippen molar-refractivity contribution in [3.05, 3.63) is 41.0 Å². The first-order chi connectivity index (χ1) is 9.38. The molecule has 1 aromatic carbocycles. The lowest BCUT2D eigenvalue weighted by Gasteiger charge is -2.03. The number of thiazole rings is 1. The Morgan fingerprint density at radius 2 is 2.05 bits per heavy atom. The molecular weight excluding hydrogens is 252 g/mol. The van der Waals surface area contributed by atoms with Gasteiger partial charge in [-0.1, -0.05) is 37.3 Å². The van der Waals surface area contributed by atoms with Gasteiger partial charge in [-0.05, 0) is 31.4 Å². The Balaban J connectivity index is 1.87. The van der Waals surface area contributed by atoms with Crippen LogP contribution in [0.5, 0.6) is 0 Å². The third-order valence-corrected chi connectivity index (χ3v) is 4.70. The first kappa shape index (κ1) is 12.8. The van der Waals surface area contributed by atoms with Crippen LogP contribution < -0.4 is 5.32 Å². The number of benzene rings is 1. The predicted octanol–water partition coefficient (Wildman–Crippen LogP) is 4.19. The molecule has 0 aliphatic heterocycles. The Hall–Kier alpha value is -1.19. The van der Waals surface area contributed by atoms with Crippen molar-refractivity contribution in [3.63, 3.8) is 0 Å². The smallest absolute Gasteiger partial charge is 0.0966 e. The fraction of sp³-hybridized carbons (Fsp3) is 0.438. The number of rotatable bonds is 6. The van der Waals surface area contributed by atoms with E-state index in [0.717, 1.165) is 19.0 Å².